The van der Waals surface area contributed by atoms with Crippen LogP contribution in [0.15, 0.2) is 30.9 Å². The monoisotopic (exact) mass is 389 g/mol. The molecule has 6 nitrogen and oxygen atoms in total. The minimum Gasteiger partial charge on any atom is -0.306 e. The van der Waals surface area contributed by atoms with Gasteiger partial charge in [-0.15, -0.1) is 0 Å². The zero-order valence-corrected chi connectivity index (χ0v) is 16.0. The molecule has 0 radical (unpaired) electrons. The number of aldehydes is 1. The third-order valence-electron chi connectivity index (χ3n) is 4.53. The van der Waals surface area contributed by atoms with Crippen molar-refractivity contribution in [1.82, 2.24) is 24.4 Å². The van der Waals surface area contributed by atoms with Crippen LogP contribution in [0.3, 0.4) is 0 Å². The molecule has 4 rings (SSSR count). The van der Waals surface area contributed by atoms with E-state index in [1.807, 2.05) is 7.05 Å². The number of carbonyl (C=O) groups is 1. The van der Waals surface area contributed by atoms with Gasteiger partial charge in [0.15, 0.2) is 12.1 Å². The van der Waals surface area contributed by atoms with E-state index in [0.29, 0.717) is 27.7 Å². The molecular weight excluding hydrogens is 369 g/mol. The number of halogens is 2. The summed E-state index contributed by atoms with van der Waals surface area (Å²) in [4.78, 5) is 25.8. The van der Waals surface area contributed by atoms with Gasteiger partial charge in [-0.25, -0.2) is 14.4 Å². The smallest absolute Gasteiger partial charge is 0.156 e. The maximum absolute atomic E-state index is 12.3. The lowest BCUT2D eigenvalue weighted by Crippen LogP contribution is -2.30. The minimum absolute atomic E-state index is 0.522. The number of piperidine rings is 1. The number of rotatable bonds is 2. The van der Waals surface area contributed by atoms with E-state index in [9.17, 15) is 9.18 Å². The highest BCUT2D eigenvalue weighted by Gasteiger charge is 2.14. The number of nitrogens with zero attached hydrogens (tertiary/aromatic N) is 5. The fraction of sp³-hybridized carbons (Fsp3) is 0.368. The fourth-order valence-electron chi connectivity index (χ4n) is 2.90. The average molecular weight is 390 g/mol. The van der Waals surface area contributed by atoms with Gasteiger partial charge in [-0.05, 0) is 32.9 Å². The van der Waals surface area contributed by atoms with Crippen LogP contribution in [0.2, 0.25) is 5.02 Å². The highest BCUT2D eigenvalue weighted by molar-refractivity contribution is 6.35. The highest BCUT2D eigenvalue weighted by Crippen LogP contribution is 2.27. The number of hydrogen-bond acceptors (Lipinski definition) is 5. The maximum atomic E-state index is 12.3. The molecule has 0 amide bonds. The van der Waals surface area contributed by atoms with E-state index >= 15 is 0 Å². The van der Waals surface area contributed by atoms with Crippen LogP contribution in [-0.4, -0.2) is 57.0 Å². The van der Waals surface area contributed by atoms with Gasteiger partial charge in [0, 0.05) is 42.6 Å². The second-order valence-corrected chi connectivity index (χ2v) is 6.95. The van der Waals surface area contributed by atoms with Crippen molar-refractivity contribution < 1.29 is 9.18 Å². The van der Waals surface area contributed by atoms with Crippen LogP contribution in [0.25, 0.3) is 16.9 Å². The highest BCUT2D eigenvalue weighted by atomic mass is 35.5. The van der Waals surface area contributed by atoms with Gasteiger partial charge < -0.3 is 4.90 Å². The van der Waals surface area contributed by atoms with E-state index in [4.69, 9.17) is 11.6 Å². The topological polar surface area (TPSA) is 63.9 Å². The van der Waals surface area contributed by atoms with Gasteiger partial charge in [0.1, 0.15) is 11.8 Å². The molecule has 1 saturated heterocycles. The molecule has 1 aliphatic rings. The zero-order valence-electron chi connectivity index (χ0n) is 15.3. The summed E-state index contributed by atoms with van der Waals surface area (Å²) >= 11 is 6.18. The first-order chi connectivity index (χ1) is 13.0. The Morgan fingerprint density at radius 1 is 1.30 bits per heavy atom. The third-order valence-corrected chi connectivity index (χ3v) is 4.83. The molecule has 0 atom stereocenters. The number of pyridine rings is 1. The van der Waals surface area contributed by atoms with Crippen molar-refractivity contribution in [2.45, 2.75) is 25.9 Å². The lowest BCUT2D eigenvalue weighted by Gasteiger charge is -2.23. The zero-order chi connectivity index (χ0) is 19.4. The van der Waals surface area contributed by atoms with Gasteiger partial charge in [0.2, 0.25) is 0 Å². The van der Waals surface area contributed by atoms with Gasteiger partial charge in [-0.2, -0.15) is 0 Å². The number of hydrogen-bond donors (Lipinski definition) is 0. The van der Waals surface area contributed by atoms with Crippen molar-refractivity contribution in [2.24, 2.45) is 0 Å². The lowest BCUT2D eigenvalue weighted by atomic mass is 10.1. The van der Waals surface area contributed by atoms with Crippen molar-refractivity contribution in [2.75, 3.05) is 20.1 Å². The Morgan fingerprint density at radius 2 is 2.04 bits per heavy atom. The van der Waals surface area contributed by atoms with Gasteiger partial charge in [-0.3, -0.25) is 14.3 Å². The van der Waals surface area contributed by atoms with Crippen LogP contribution in [0, 0.1) is 6.92 Å². The summed E-state index contributed by atoms with van der Waals surface area (Å²) in [6.45, 7) is 3.65. The second-order valence-electron chi connectivity index (χ2n) is 6.54. The largest absolute Gasteiger partial charge is 0.306 e. The summed E-state index contributed by atoms with van der Waals surface area (Å²) in [5.74, 6) is 0.630. The Labute approximate surface area is 162 Å². The molecule has 8 heteroatoms. The SMILES string of the molecule is CN1CCC(F)CC1.Cc1nc2c(cc1C=O)c(Cl)cn2-c1cnccn1. The van der Waals surface area contributed by atoms with Crippen molar-refractivity contribution in [3.05, 3.63) is 47.1 Å². The molecule has 3 aromatic rings. The van der Waals surface area contributed by atoms with Crippen LogP contribution in [-0.2, 0) is 0 Å². The molecule has 0 aliphatic carbocycles. The third kappa shape index (κ3) is 4.48. The molecule has 27 heavy (non-hydrogen) atoms. The van der Waals surface area contributed by atoms with Crippen LogP contribution in [0.4, 0.5) is 4.39 Å². The number of fused-ring (bicyclic) bond motifs is 1. The van der Waals surface area contributed by atoms with Crippen LogP contribution in [0.1, 0.15) is 28.9 Å². The molecule has 0 spiro atoms. The Morgan fingerprint density at radius 3 is 2.63 bits per heavy atom. The van der Waals surface area contributed by atoms with Gasteiger partial charge in [0.05, 0.1) is 16.9 Å². The van der Waals surface area contributed by atoms with Crippen LogP contribution in [0.5, 0.6) is 0 Å². The van der Waals surface area contributed by atoms with E-state index in [1.165, 1.54) is 0 Å². The van der Waals surface area contributed by atoms with Crippen molar-refractivity contribution in [3.63, 3.8) is 0 Å². The number of aryl methyl sites for hydroxylation is 1. The summed E-state index contributed by atoms with van der Waals surface area (Å²) in [5.41, 5.74) is 1.85. The Balaban J connectivity index is 0.000000221. The van der Waals surface area contributed by atoms with Gasteiger partial charge >= 0.3 is 0 Å². The van der Waals surface area contributed by atoms with E-state index in [2.05, 4.69) is 19.9 Å². The van der Waals surface area contributed by atoms with Crippen LogP contribution < -0.4 is 0 Å². The molecule has 0 bridgehead atoms. The van der Waals surface area contributed by atoms with E-state index in [0.717, 1.165) is 37.6 Å². The molecule has 1 fully saturated rings. The molecule has 0 aromatic carbocycles. The lowest BCUT2D eigenvalue weighted by molar-refractivity contribution is 0.112. The number of alkyl halides is 1. The first kappa shape index (κ1) is 19.4. The summed E-state index contributed by atoms with van der Waals surface area (Å²) in [6.07, 6.45) is 8.26. The average Bonchev–Trinajstić information content (AvgIpc) is 3.00. The predicted octanol–water partition coefficient (Wildman–Crippen LogP) is 3.64. The molecule has 0 unspecified atom stereocenters. The molecular formula is C19H21ClFN5O. The molecule has 3 aromatic heterocycles. The normalized spacial score (nSPS) is 15.4. The fourth-order valence-corrected chi connectivity index (χ4v) is 3.13. The molecule has 1 aliphatic heterocycles. The first-order valence-electron chi connectivity index (χ1n) is 8.72. The van der Waals surface area contributed by atoms with Gasteiger partial charge in [0.25, 0.3) is 0 Å². The second kappa shape index (κ2) is 8.54. The molecule has 142 valence electrons. The summed E-state index contributed by atoms with van der Waals surface area (Å²) < 4.78 is 14.1. The standard InChI is InChI=1S/C13H9ClN4O.C6H12FN/c1-8-9(7-19)4-10-11(14)6-18(13(10)17-8)12-5-15-2-3-16-12;1-8-4-2-6(7)3-5-8/h2-7H,1H3;6H,2-5H2,1H3. The Kier molecular flexibility index (Phi) is 6.13. The summed E-state index contributed by atoms with van der Waals surface area (Å²) in [5, 5.41) is 1.25. The Hall–Kier alpha value is -2.38. The van der Waals surface area contributed by atoms with E-state index < -0.39 is 6.17 Å². The number of carbonyl (C=O) groups excluding carboxylic acids is 1. The molecule has 4 heterocycles. The predicted molar refractivity (Wildman–Crippen MR) is 103 cm³/mol. The maximum Gasteiger partial charge on any atom is 0.156 e. The van der Waals surface area contributed by atoms with Crippen molar-refractivity contribution in [3.8, 4) is 5.82 Å². The quantitative estimate of drug-likeness (QED) is 0.626. The van der Waals surface area contributed by atoms with E-state index in [-0.39, 0.29) is 0 Å². The van der Waals surface area contributed by atoms with Crippen molar-refractivity contribution in [1.29, 1.82) is 0 Å². The summed E-state index contributed by atoms with van der Waals surface area (Å²) in [7, 11) is 2.03. The number of likely N-dealkylation sites (tertiary alicyclic amines) is 1. The first-order valence-corrected chi connectivity index (χ1v) is 9.09. The Bertz CT molecular complexity index is 913. The minimum atomic E-state index is -0.522. The molecule has 0 N–H and O–H groups in total. The van der Waals surface area contributed by atoms with Crippen LogP contribution >= 0.6 is 11.6 Å². The number of aromatic nitrogens is 4. The van der Waals surface area contributed by atoms with E-state index in [1.54, 1.807) is 42.3 Å². The summed E-state index contributed by atoms with van der Waals surface area (Å²) in [6, 6.07) is 1.74. The van der Waals surface area contributed by atoms with Crippen molar-refractivity contribution >= 4 is 28.9 Å². The van der Waals surface area contributed by atoms with Gasteiger partial charge in [-0.1, -0.05) is 11.6 Å². The molecule has 0 saturated carbocycles.